The number of carboxylic acids is 1. The van der Waals surface area contributed by atoms with Gasteiger partial charge in [-0.3, -0.25) is 0 Å². The van der Waals surface area contributed by atoms with E-state index < -0.39 is 5.97 Å². The highest BCUT2D eigenvalue weighted by atomic mass is 16.5. The number of benzene rings is 3. The first kappa shape index (κ1) is 20.9. The van der Waals surface area contributed by atoms with Crippen molar-refractivity contribution in [3.05, 3.63) is 107 Å². The summed E-state index contributed by atoms with van der Waals surface area (Å²) in [5, 5.41) is 12.9. The number of methoxy groups -OCH3 is 1. The lowest BCUT2D eigenvalue weighted by Crippen LogP contribution is -3.10. The van der Waals surface area contributed by atoms with Crippen LogP contribution in [-0.2, 0) is 13.1 Å². The van der Waals surface area contributed by atoms with Gasteiger partial charge < -0.3 is 19.5 Å². The highest BCUT2D eigenvalue weighted by Gasteiger charge is 2.29. The molecule has 1 aliphatic heterocycles. The Hall–Kier alpha value is -3.96. The fraction of sp³-hybridized carbons (Fsp3) is 0.143. The Morgan fingerprint density at radius 2 is 1.73 bits per heavy atom. The number of para-hydroxylation sites is 1. The fourth-order valence-electron chi connectivity index (χ4n) is 4.62. The van der Waals surface area contributed by atoms with Crippen LogP contribution in [0, 0.1) is 0 Å². The Bertz CT molecular complexity index is 1350. The van der Waals surface area contributed by atoms with Crippen LogP contribution in [0.25, 0.3) is 22.6 Å². The van der Waals surface area contributed by atoms with E-state index in [1.807, 2.05) is 66.7 Å². The molecule has 1 N–H and O–H groups in total. The second-order valence-corrected chi connectivity index (χ2v) is 8.33. The molecule has 0 saturated carbocycles. The molecule has 3 aromatic carbocycles. The van der Waals surface area contributed by atoms with E-state index in [9.17, 15) is 9.90 Å². The number of nitrogens with one attached hydrogen (secondary N) is 1. The van der Waals surface area contributed by atoms with Gasteiger partial charge in [-0.05, 0) is 29.8 Å². The van der Waals surface area contributed by atoms with Crippen LogP contribution in [0.1, 0.15) is 32.7 Å². The average Bonchev–Trinajstić information content (AvgIpc) is 2.84. The molecule has 0 aliphatic carbocycles. The van der Waals surface area contributed by atoms with Crippen LogP contribution < -0.4 is 14.7 Å². The van der Waals surface area contributed by atoms with Crippen LogP contribution >= 0.6 is 0 Å². The highest BCUT2D eigenvalue weighted by Crippen LogP contribution is 2.30. The number of nitrogens with zero attached hydrogens (tertiary/aromatic N) is 1. The van der Waals surface area contributed by atoms with Crippen LogP contribution in [0.3, 0.4) is 0 Å². The zero-order valence-corrected chi connectivity index (χ0v) is 18.4. The van der Waals surface area contributed by atoms with Crippen LogP contribution in [0.5, 0.6) is 5.75 Å². The van der Waals surface area contributed by atoms with Crippen LogP contribution in [0.4, 0.5) is 0 Å². The van der Waals surface area contributed by atoms with Crippen molar-refractivity contribution in [3.63, 3.8) is 0 Å². The van der Waals surface area contributed by atoms with Crippen LogP contribution in [-0.4, -0.2) is 24.6 Å². The normalized spacial score (nSPS) is 16.5. The van der Waals surface area contributed by atoms with Crippen molar-refractivity contribution < 1.29 is 19.5 Å². The maximum absolute atomic E-state index is 12.3. The number of carboxylic acid groups (broad SMARTS) is 1. The van der Waals surface area contributed by atoms with Crippen LogP contribution in [0.2, 0.25) is 0 Å². The molecule has 33 heavy (non-hydrogen) atoms. The third-order valence-electron chi connectivity index (χ3n) is 6.12. The van der Waals surface area contributed by atoms with E-state index >= 15 is 0 Å². The number of ether oxygens (including phenoxy) is 1. The summed E-state index contributed by atoms with van der Waals surface area (Å²) in [6, 6.07) is 25.5. The lowest BCUT2D eigenvalue weighted by atomic mass is 9.91. The van der Waals surface area contributed by atoms with Gasteiger partial charge in [-0.2, -0.15) is 0 Å². The lowest BCUT2D eigenvalue weighted by molar-refractivity contribution is -0.921. The second kappa shape index (κ2) is 8.88. The minimum absolute atomic E-state index is 0.251. The minimum Gasteiger partial charge on any atom is -0.545 e. The largest absolute Gasteiger partial charge is 0.545 e. The van der Waals surface area contributed by atoms with E-state index in [1.165, 1.54) is 10.5 Å². The summed E-state index contributed by atoms with van der Waals surface area (Å²) in [6.07, 6.45) is 2.10. The quantitative estimate of drug-likeness (QED) is 0.523. The second-order valence-electron chi connectivity index (χ2n) is 8.33. The first-order chi connectivity index (χ1) is 16.1. The number of aromatic nitrogens is 1. The summed E-state index contributed by atoms with van der Waals surface area (Å²) in [5.41, 5.74) is 5.65. The topological polar surface area (TPSA) is 66.7 Å². The van der Waals surface area contributed by atoms with E-state index in [0.717, 1.165) is 41.2 Å². The van der Waals surface area contributed by atoms with Gasteiger partial charge in [0.25, 0.3) is 0 Å². The summed E-state index contributed by atoms with van der Waals surface area (Å²) in [4.78, 5) is 18.5. The Morgan fingerprint density at radius 1 is 1.00 bits per heavy atom. The molecular formula is C28H24N2O3. The molecule has 0 fully saturated rings. The van der Waals surface area contributed by atoms with Gasteiger partial charge in [0, 0.05) is 27.6 Å². The number of fused-ring (bicyclic) bond motifs is 2. The molecule has 0 saturated heterocycles. The molecule has 4 aromatic rings. The molecule has 1 aromatic heterocycles. The number of pyridine rings is 1. The van der Waals surface area contributed by atoms with Gasteiger partial charge in [-0.1, -0.05) is 60.7 Å². The highest BCUT2D eigenvalue weighted by molar-refractivity contribution is 6.05. The van der Waals surface area contributed by atoms with Gasteiger partial charge in [-0.15, -0.1) is 0 Å². The van der Waals surface area contributed by atoms with Gasteiger partial charge in [-0.25, -0.2) is 4.98 Å². The molecular weight excluding hydrogens is 412 g/mol. The molecule has 0 spiro atoms. The van der Waals surface area contributed by atoms with E-state index in [4.69, 9.17) is 9.72 Å². The van der Waals surface area contributed by atoms with Gasteiger partial charge in [0.1, 0.15) is 25.4 Å². The zero-order chi connectivity index (χ0) is 22.8. The van der Waals surface area contributed by atoms with Gasteiger partial charge >= 0.3 is 0 Å². The molecule has 0 radical (unpaired) electrons. The molecule has 1 unspecified atom stereocenters. The maximum atomic E-state index is 12.3. The van der Waals surface area contributed by atoms with Gasteiger partial charge in [0.05, 0.1) is 24.3 Å². The van der Waals surface area contributed by atoms with Crippen molar-refractivity contribution in [1.82, 2.24) is 4.98 Å². The third-order valence-corrected chi connectivity index (χ3v) is 6.12. The molecule has 0 bridgehead atoms. The van der Waals surface area contributed by atoms with E-state index in [0.29, 0.717) is 17.4 Å². The first-order valence-electron chi connectivity index (χ1n) is 11.0. The number of carbonyl (C=O) groups excluding carboxylic acids is 1. The molecule has 0 amide bonds. The predicted molar refractivity (Wildman–Crippen MR) is 127 cm³/mol. The maximum Gasteiger partial charge on any atom is 0.118 e. The van der Waals surface area contributed by atoms with Crippen molar-refractivity contribution in [3.8, 4) is 5.75 Å². The number of aromatic carboxylic acids is 1. The summed E-state index contributed by atoms with van der Waals surface area (Å²) in [5.74, 6) is -0.365. The zero-order valence-electron chi connectivity index (χ0n) is 18.4. The monoisotopic (exact) mass is 436 g/mol. The van der Waals surface area contributed by atoms with Crippen molar-refractivity contribution in [1.29, 1.82) is 0 Å². The van der Waals surface area contributed by atoms with Gasteiger partial charge in [0.15, 0.2) is 0 Å². The standard InChI is InChI=1S/C28H24N2O3/c1-33-22-13-11-19(12-14-22)15-21-17-30(16-20-7-3-2-4-8-20)18-24-26(28(31)32)23-9-5-6-10-25(23)29-27(21)24/h2-15H,16-18H2,1H3,(H,31,32)/b21-15+. The number of hydrogen-bond donors (Lipinski definition) is 1. The van der Waals surface area contributed by atoms with Crippen molar-refractivity contribution in [2.45, 2.75) is 13.1 Å². The molecule has 1 aliphatic rings. The molecule has 5 nitrogen and oxygen atoms in total. The average molecular weight is 437 g/mol. The predicted octanol–water partition coefficient (Wildman–Crippen LogP) is 2.75. The number of quaternary nitrogens is 1. The van der Waals surface area contributed by atoms with Crippen molar-refractivity contribution in [2.75, 3.05) is 13.7 Å². The number of carbonyl (C=O) groups is 1. The number of hydrogen-bond acceptors (Lipinski definition) is 4. The summed E-state index contributed by atoms with van der Waals surface area (Å²) < 4.78 is 5.28. The lowest BCUT2D eigenvalue weighted by Gasteiger charge is -2.30. The Morgan fingerprint density at radius 3 is 2.45 bits per heavy atom. The third kappa shape index (κ3) is 4.23. The van der Waals surface area contributed by atoms with Crippen molar-refractivity contribution >= 4 is 28.5 Å². The van der Waals surface area contributed by atoms with E-state index in [1.54, 1.807) is 7.11 Å². The van der Waals surface area contributed by atoms with Crippen molar-refractivity contribution in [2.24, 2.45) is 0 Å². The molecule has 1 atom stereocenters. The fourth-order valence-corrected chi connectivity index (χ4v) is 4.62. The Kier molecular flexibility index (Phi) is 5.63. The SMILES string of the molecule is COc1ccc(/C=C2\C[NH+](Cc3ccccc3)Cc3c2nc2ccccc2c3C(=O)[O-])cc1. The first-order valence-corrected chi connectivity index (χ1v) is 11.0. The summed E-state index contributed by atoms with van der Waals surface area (Å²) >= 11 is 0. The molecule has 164 valence electrons. The molecule has 5 rings (SSSR count). The van der Waals surface area contributed by atoms with E-state index in [-0.39, 0.29) is 5.56 Å². The summed E-state index contributed by atoms with van der Waals surface area (Å²) in [7, 11) is 1.65. The van der Waals surface area contributed by atoms with Gasteiger partial charge in [0.2, 0.25) is 0 Å². The molecule has 2 heterocycles. The minimum atomic E-state index is -1.16. The van der Waals surface area contributed by atoms with E-state index in [2.05, 4.69) is 18.2 Å². The Labute approximate surface area is 192 Å². The summed E-state index contributed by atoms with van der Waals surface area (Å²) in [6.45, 7) is 2.11. The molecule has 5 heteroatoms. The number of rotatable bonds is 5. The van der Waals surface area contributed by atoms with Crippen LogP contribution in [0.15, 0.2) is 78.9 Å². The Balaban J connectivity index is 1.66. The smallest absolute Gasteiger partial charge is 0.118 e.